The van der Waals surface area contributed by atoms with Gasteiger partial charge in [-0.25, -0.2) is 8.78 Å². The third-order valence-electron chi connectivity index (χ3n) is 1.75. The van der Waals surface area contributed by atoms with Crippen LogP contribution in [0, 0.1) is 0 Å². The van der Waals surface area contributed by atoms with E-state index in [0.29, 0.717) is 18.0 Å². The molecule has 0 spiro atoms. The normalized spacial score (nSPS) is 12.0. The molecule has 0 aliphatic carbocycles. The molecule has 1 aromatic rings. The number of hydrogen-bond donors (Lipinski definition) is 1. The summed E-state index contributed by atoms with van der Waals surface area (Å²) in [6.45, 7) is 1.30. The predicted octanol–water partition coefficient (Wildman–Crippen LogP) is 2.55. The van der Waals surface area contributed by atoms with Crippen LogP contribution in [0.25, 0.3) is 0 Å². The van der Waals surface area contributed by atoms with Crippen LogP contribution < -0.4 is 5.73 Å². The Hall–Kier alpha value is -0.840. The van der Waals surface area contributed by atoms with Gasteiger partial charge in [0.25, 0.3) is 0 Å². The Labute approximate surface area is 85.8 Å². The number of aryl methyl sites for hydroxylation is 1. The number of nitrogen functional groups attached to an aromatic ring is 1. The molecular weight excluding hydrogens is 212 g/mol. The molecule has 2 N–H and O–H groups in total. The van der Waals surface area contributed by atoms with E-state index < -0.39 is 5.92 Å². The van der Waals surface area contributed by atoms with Crippen molar-refractivity contribution in [2.45, 2.75) is 32.2 Å². The number of rotatable bonds is 4. The second kappa shape index (κ2) is 4.13. The molecule has 0 aliphatic rings. The van der Waals surface area contributed by atoms with Gasteiger partial charge in [-0.2, -0.15) is 5.10 Å². The fourth-order valence-electron chi connectivity index (χ4n) is 1.08. The molecule has 80 valence electrons. The number of anilines is 1. The van der Waals surface area contributed by atoms with Gasteiger partial charge in [-0.15, -0.1) is 0 Å². The second-order valence-corrected chi connectivity index (χ2v) is 3.71. The quantitative estimate of drug-likeness (QED) is 0.853. The van der Waals surface area contributed by atoms with Crippen LogP contribution in [0.2, 0.25) is 5.02 Å². The summed E-state index contributed by atoms with van der Waals surface area (Å²) in [6, 6.07) is 0. The monoisotopic (exact) mass is 223 g/mol. The topological polar surface area (TPSA) is 43.8 Å². The van der Waals surface area contributed by atoms with E-state index >= 15 is 0 Å². The fraction of sp³-hybridized carbons (Fsp3) is 0.625. The summed E-state index contributed by atoms with van der Waals surface area (Å²) in [4.78, 5) is 0. The van der Waals surface area contributed by atoms with Gasteiger partial charge in [0.05, 0.1) is 0 Å². The average Bonchev–Trinajstić information content (AvgIpc) is 2.28. The van der Waals surface area contributed by atoms with E-state index in [1.165, 1.54) is 10.9 Å². The lowest BCUT2D eigenvalue weighted by molar-refractivity contribution is 0.00972. The molecule has 0 saturated carbocycles. The first-order valence-electron chi connectivity index (χ1n) is 4.25. The van der Waals surface area contributed by atoms with Crippen molar-refractivity contribution in [2.24, 2.45) is 0 Å². The van der Waals surface area contributed by atoms with E-state index in [2.05, 4.69) is 5.10 Å². The summed E-state index contributed by atoms with van der Waals surface area (Å²) in [7, 11) is 0. The molecule has 14 heavy (non-hydrogen) atoms. The van der Waals surface area contributed by atoms with Gasteiger partial charge in [-0.3, -0.25) is 4.68 Å². The van der Waals surface area contributed by atoms with Crippen LogP contribution in [0.4, 0.5) is 14.6 Å². The van der Waals surface area contributed by atoms with Crippen LogP contribution in [0.15, 0.2) is 6.20 Å². The summed E-state index contributed by atoms with van der Waals surface area (Å²) in [6.07, 6.45) is 1.72. The number of aromatic nitrogens is 2. The molecule has 0 aliphatic heterocycles. The lowest BCUT2D eigenvalue weighted by Gasteiger charge is -2.08. The van der Waals surface area contributed by atoms with Crippen molar-refractivity contribution in [2.75, 3.05) is 5.73 Å². The number of nitrogens with two attached hydrogens (primary N) is 1. The molecule has 0 amide bonds. The van der Waals surface area contributed by atoms with Gasteiger partial charge in [-0.05, 0) is 13.3 Å². The Bertz CT molecular complexity index is 287. The smallest absolute Gasteiger partial charge is 0.245 e. The molecule has 3 nitrogen and oxygen atoms in total. The highest BCUT2D eigenvalue weighted by molar-refractivity contribution is 6.32. The summed E-state index contributed by atoms with van der Waals surface area (Å²) < 4.78 is 26.3. The third kappa shape index (κ3) is 3.49. The maximum atomic E-state index is 12.4. The van der Waals surface area contributed by atoms with E-state index in [0.717, 1.165) is 6.92 Å². The van der Waals surface area contributed by atoms with Crippen molar-refractivity contribution in [3.05, 3.63) is 11.2 Å². The zero-order chi connectivity index (χ0) is 10.8. The standard InChI is InChI=1S/C8H12ClF2N3/c1-8(10,11)3-2-4-14-5-6(9)7(12)13-14/h5H,2-4H2,1H3,(H2,12,13). The minimum atomic E-state index is -2.62. The molecule has 6 heteroatoms. The van der Waals surface area contributed by atoms with Crippen LogP contribution in [0.1, 0.15) is 19.8 Å². The minimum absolute atomic E-state index is 0.162. The molecule has 0 atom stereocenters. The Morgan fingerprint density at radius 2 is 2.29 bits per heavy atom. The summed E-state index contributed by atoms with van der Waals surface area (Å²) in [5, 5.41) is 4.20. The molecular formula is C8H12ClF2N3. The van der Waals surface area contributed by atoms with E-state index in [1.54, 1.807) is 0 Å². The van der Waals surface area contributed by atoms with Gasteiger partial charge < -0.3 is 5.73 Å². The highest BCUT2D eigenvalue weighted by Gasteiger charge is 2.19. The first-order chi connectivity index (χ1) is 6.38. The molecule has 0 radical (unpaired) electrons. The molecule has 0 aromatic carbocycles. The number of nitrogens with zero attached hydrogens (tertiary/aromatic N) is 2. The fourth-order valence-corrected chi connectivity index (χ4v) is 1.23. The lowest BCUT2D eigenvalue weighted by atomic mass is 10.2. The van der Waals surface area contributed by atoms with Crippen LogP contribution in [-0.4, -0.2) is 15.7 Å². The third-order valence-corrected chi connectivity index (χ3v) is 2.04. The Kier molecular flexibility index (Phi) is 3.31. The molecule has 1 rings (SSSR count). The molecule has 1 aromatic heterocycles. The van der Waals surface area contributed by atoms with Crippen molar-refractivity contribution >= 4 is 17.4 Å². The Morgan fingerprint density at radius 3 is 2.71 bits per heavy atom. The van der Waals surface area contributed by atoms with E-state index in [1.807, 2.05) is 0 Å². The van der Waals surface area contributed by atoms with E-state index in [4.69, 9.17) is 17.3 Å². The highest BCUT2D eigenvalue weighted by Crippen LogP contribution is 2.20. The minimum Gasteiger partial charge on any atom is -0.381 e. The Morgan fingerprint density at radius 1 is 1.64 bits per heavy atom. The average molecular weight is 224 g/mol. The first kappa shape index (κ1) is 11.2. The van der Waals surface area contributed by atoms with Crippen LogP contribution in [0.5, 0.6) is 0 Å². The number of halogens is 3. The maximum absolute atomic E-state index is 12.4. The molecule has 1 heterocycles. The van der Waals surface area contributed by atoms with Gasteiger partial charge in [0.1, 0.15) is 5.02 Å². The van der Waals surface area contributed by atoms with Crippen LogP contribution in [-0.2, 0) is 6.54 Å². The molecule has 0 unspecified atom stereocenters. The van der Waals surface area contributed by atoms with Gasteiger partial charge >= 0.3 is 0 Å². The van der Waals surface area contributed by atoms with Crippen molar-refractivity contribution in [1.29, 1.82) is 0 Å². The Balaban J connectivity index is 2.39. The molecule has 0 fully saturated rings. The van der Waals surface area contributed by atoms with Gasteiger partial charge in [0.2, 0.25) is 5.92 Å². The van der Waals surface area contributed by atoms with E-state index in [9.17, 15) is 8.78 Å². The van der Waals surface area contributed by atoms with Crippen molar-refractivity contribution in [3.8, 4) is 0 Å². The summed E-state index contributed by atoms with van der Waals surface area (Å²) >= 11 is 5.64. The van der Waals surface area contributed by atoms with E-state index in [-0.39, 0.29) is 12.2 Å². The van der Waals surface area contributed by atoms with Gasteiger partial charge in [-0.1, -0.05) is 11.6 Å². The highest BCUT2D eigenvalue weighted by atomic mass is 35.5. The first-order valence-corrected chi connectivity index (χ1v) is 4.62. The summed E-state index contributed by atoms with van der Waals surface area (Å²) in [5.74, 6) is -2.39. The molecule has 0 bridgehead atoms. The van der Waals surface area contributed by atoms with Crippen molar-refractivity contribution < 1.29 is 8.78 Å². The maximum Gasteiger partial charge on any atom is 0.245 e. The van der Waals surface area contributed by atoms with Crippen molar-refractivity contribution in [3.63, 3.8) is 0 Å². The zero-order valence-corrected chi connectivity index (χ0v) is 8.56. The SMILES string of the molecule is CC(F)(F)CCCn1cc(Cl)c(N)n1. The predicted molar refractivity (Wildman–Crippen MR) is 51.5 cm³/mol. The molecule has 0 saturated heterocycles. The number of hydrogen-bond acceptors (Lipinski definition) is 2. The largest absolute Gasteiger partial charge is 0.381 e. The van der Waals surface area contributed by atoms with Gasteiger partial charge in [0.15, 0.2) is 5.82 Å². The van der Waals surface area contributed by atoms with Crippen LogP contribution in [0.3, 0.4) is 0 Å². The second-order valence-electron chi connectivity index (χ2n) is 3.30. The summed E-state index contributed by atoms with van der Waals surface area (Å²) in [5.41, 5.74) is 5.39. The number of alkyl halides is 2. The van der Waals surface area contributed by atoms with Crippen LogP contribution >= 0.6 is 11.6 Å². The zero-order valence-electron chi connectivity index (χ0n) is 7.80. The van der Waals surface area contributed by atoms with Gasteiger partial charge in [0, 0.05) is 19.2 Å². The lowest BCUT2D eigenvalue weighted by Crippen LogP contribution is -2.11. The van der Waals surface area contributed by atoms with Crippen molar-refractivity contribution in [1.82, 2.24) is 9.78 Å².